The molecule has 1 aromatic rings. The van der Waals surface area contributed by atoms with Gasteiger partial charge in [0.2, 0.25) is 0 Å². The fourth-order valence-electron chi connectivity index (χ4n) is 0.672. The fraction of sp³-hybridized carbons (Fsp3) is 0. The summed E-state index contributed by atoms with van der Waals surface area (Å²) in [7, 11) is 0. The molecule has 64 valence electrons. The zero-order valence-corrected chi connectivity index (χ0v) is 8.10. The number of thiol groups is 1. The topological polar surface area (TPSA) is 43.1 Å². The Morgan fingerprint density at radius 2 is 2.17 bits per heavy atom. The number of rotatable bonds is 1. The fourth-order valence-corrected chi connectivity index (χ4v) is 1.47. The lowest BCUT2D eigenvalue weighted by molar-refractivity contribution is -0.387. The van der Waals surface area contributed by atoms with Crippen molar-refractivity contribution in [3.05, 3.63) is 32.5 Å². The van der Waals surface area contributed by atoms with Crippen molar-refractivity contribution in [2.75, 3.05) is 0 Å². The van der Waals surface area contributed by atoms with Crippen molar-refractivity contribution in [2.24, 2.45) is 0 Å². The summed E-state index contributed by atoms with van der Waals surface area (Å²) in [4.78, 5) is 9.71. The quantitative estimate of drug-likeness (QED) is 0.474. The third-order valence-corrected chi connectivity index (χ3v) is 2.18. The summed E-state index contributed by atoms with van der Waals surface area (Å²) in [6, 6.07) is 2.07. The lowest BCUT2D eigenvalue weighted by atomic mass is 10.3. The van der Waals surface area contributed by atoms with Crippen molar-refractivity contribution < 1.29 is 9.31 Å². The number of hydrogen-bond donors (Lipinski definition) is 1. The molecule has 0 heterocycles. The molecule has 0 aliphatic heterocycles. The molecule has 0 amide bonds. The Balaban J connectivity index is 3.33. The minimum absolute atomic E-state index is 0.133. The van der Waals surface area contributed by atoms with Crippen LogP contribution in [0.15, 0.2) is 21.5 Å². The first-order chi connectivity index (χ1) is 5.52. The Hall–Kier alpha value is -0.620. The van der Waals surface area contributed by atoms with Gasteiger partial charge in [0.05, 0.1) is 20.4 Å². The van der Waals surface area contributed by atoms with Gasteiger partial charge in [-0.15, -0.1) is 12.6 Å². The number of nitro benzene ring substituents is 1. The Morgan fingerprint density at radius 3 is 2.67 bits per heavy atom. The van der Waals surface area contributed by atoms with E-state index in [0.29, 0.717) is 0 Å². The normalized spacial score (nSPS) is 9.92. The van der Waals surface area contributed by atoms with Crippen molar-refractivity contribution in [1.29, 1.82) is 0 Å². The van der Waals surface area contributed by atoms with Crippen LogP contribution in [0.1, 0.15) is 0 Å². The second-order valence-corrected chi connectivity index (χ2v) is 3.35. The van der Waals surface area contributed by atoms with Crippen LogP contribution in [0.2, 0.25) is 0 Å². The molecule has 6 heteroatoms. The molecule has 3 nitrogen and oxygen atoms in total. The van der Waals surface area contributed by atoms with Gasteiger partial charge in [-0.25, -0.2) is 4.39 Å². The molecule has 0 unspecified atom stereocenters. The Kier molecular flexibility index (Phi) is 2.69. The van der Waals surface area contributed by atoms with Gasteiger partial charge < -0.3 is 0 Å². The molecule has 1 aromatic carbocycles. The zero-order chi connectivity index (χ0) is 9.30. The van der Waals surface area contributed by atoms with E-state index in [-0.39, 0.29) is 15.1 Å². The number of nitro groups is 1. The first-order valence-corrected chi connectivity index (χ1v) is 4.09. The first kappa shape index (κ1) is 9.47. The molecule has 0 saturated heterocycles. The van der Waals surface area contributed by atoms with Crippen LogP contribution >= 0.6 is 28.6 Å². The lowest BCUT2D eigenvalue weighted by Crippen LogP contribution is -1.91. The molecule has 1 rings (SSSR count). The highest BCUT2D eigenvalue weighted by molar-refractivity contribution is 9.10. The van der Waals surface area contributed by atoms with Crippen LogP contribution in [-0.4, -0.2) is 4.92 Å². The summed E-state index contributed by atoms with van der Waals surface area (Å²) in [5.41, 5.74) is -0.334. The average Bonchev–Trinajstić information content (AvgIpc) is 1.96. The van der Waals surface area contributed by atoms with Gasteiger partial charge in [0.1, 0.15) is 5.82 Å². The molecule has 0 aliphatic carbocycles. The number of halogens is 2. The monoisotopic (exact) mass is 251 g/mol. The van der Waals surface area contributed by atoms with E-state index >= 15 is 0 Å². The predicted octanol–water partition coefficient (Wildman–Crippen LogP) is 2.79. The maximum atomic E-state index is 12.7. The van der Waals surface area contributed by atoms with Crippen molar-refractivity contribution in [1.82, 2.24) is 0 Å². The number of benzene rings is 1. The molecular formula is C6H3BrFNO2S. The highest BCUT2D eigenvalue weighted by Crippen LogP contribution is 2.28. The summed E-state index contributed by atoms with van der Waals surface area (Å²) >= 11 is 6.70. The SMILES string of the molecule is O=[N+]([O-])c1cc(F)c(Br)cc1S. The van der Waals surface area contributed by atoms with E-state index in [1.807, 2.05) is 0 Å². The third kappa shape index (κ3) is 1.75. The summed E-state index contributed by atoms with van der Waals surface area (Å²) in [6.45, 7) is 0. The van der Waals surface area contributed by atoms with Gasteiger partial charge in [0, 0.05) is 0 Å². The Bertz CT molecular complexity index is 345. The van der Waals surface area contributed by atoms with Gasteiger partial charge in [0.25, 0.3) is 5.69 Å². The molecule has 0 spiro atoms. The predicted molar refractivity (Wildman–Crippen MR) is 48.0 cm³/mol. The van der Waals surface area contributed by atoms with Gasteiger partial charge in [-0.1, -0.05) is 0 Å². The Morgan fingerprint density at radius 1 is 1.58 bits per heavy atom. The molecule has 0 saturated carbocycles. The maximum Gasteiger partial charge on any atom is 0.285 e. The van der Waals surface area contributed by atoms with Crippen LogP contribution in [0, 0.1) is 15.9 Å². The van der Waals surface area contributed by atoms with E-state index in [0.717, 1.165) is 6.07 Å². The smallest absolute Gasteiger partial charge is 0.258 e. The maximum absolute atomic E-state index is 12.7. The van der Waals surface area contributed by atoms with Crippen molar-refractivity contribution >= 4 is 34.2 Å². The van der Waals surface area contributed by atoms with E-state index in [1.54, 1.807) is 0 Å². The van der Waals surface area contributed by atoms with Crippen LogP contribution in [0.4, 0.5) is 10.1 Å². The minimum Gasteiger partial charge on any atom is -0.258 e. The van der Waals surface area contributed by atoms with Crippen molar-refractivity contribution in [2.45, 2.75) is 4.90 Å². The van der Waals surface area contributed by atoms with E-state index in [9.17, 15) is 14.5 Å². The van der Waals surface area contributed by atoms with Crippen molar-refractivity contribution in [3.8, 4) is 0 Å². The average molecular weight is 252 g/mol. The molecular weight excluding hydrogens is 249 g/mol. The van der Waals surface area contributed by atoms with Crippen LogP contribution in [0.3, 0.4) is 0 Å². The summed E-state index contributed by atoms with van der Waals surface area (Å²) in [6.07, 6.45) is 0. The second-order valence-electron chi connectivity index (χ2n) is 2.01. The highest BCUT2D eigenvalue weighted by Gasteiger charge is 2.14. The van der Waals surface area contributed by atoms with Gasteiger partial charge in [-0.05, 0) is 22.0 Å². The standard InChI is InChI=1S/C6H3BrFNO2S/c7-3-1-6(12)5(9(10)11)2-4(3)8/h1-2,12H. The lowest BCUT2D eigenvalue weighted by Gasteiger charge is -1.97. The molecule has 0 fully saturated rings. The summed E-state index contributed by atoms with van der Waals surface area (Å²) in [5, 5.41) is 10.3. The first-order valence-electron chi connectivity index (χ1n) is 2.85. The minimum atomic E-state index is -0.683. The van der Waals surface area contributed by atoms with Gasteiger partial charge in [-0.2, -0.15) is 0 Å². The number of nitrogens with zero attached hydrogens (tertiary/aromatic N) is 1. The zero-order valence-electron chi connectivity index (χ0n) is 5.62. The van der Waals surface area contributed by atoms with Crippen LogP contribution in [0.25, 0.3) is 0 Å². The highest BCUT2D eigenvalue weighted by atomic mass is 79.9. The second kappa shape index (κ2) is 3.40. The Labute approximate surface area is 81.3 Å². The van der Waals surface area contributed by atoms with E-state index in [2.05, 4.69) is 28.6 Å². The molecule has 0 aromatic heterocycles. The third-order valence-electron chi connectivity index (χ3n) is 1.21. The van der Waals surface area contributed by atoms with Crippen molar-refractivity contribution in [3.63, 3.8) is 0 Å². The van der Waals surface area contributed by atoms with E-state index in [1.165, 1.54) is 6.07 Å². The molecule has 0 N–H and O–H groups in total. The molecule has 0 bridgehead atoms. The molecule has 0 aliphatic rings. The number of hydrogen-bond acceptors (Lipinski definition) is 3. The van der Waals surface area contributed by atoms with Crippen LogP contribution in [-0.2, 0) is 0 Å². The van der Waals surface area contributed by atoms with E-state index < -0.39 is 10.7 Å². The largest absolute Gasteiger partial charge is 0.285 e. The van der Waals surface area contributed by atoms with Gasteiger partial charge in [-0.3, -0.25) is 10.1 Å². The van der Waals surface area contributed by atoms with Gasteiger partial charge in [0.15, 0.2) is 0 Å². The summed E-state index contributed by atoms with van der Waals surface area (Å²) in [5.74, 6) is -0.667. The van der Waals surface area contributed by atoms with Gasteiger partial charge >= 0.3 is 0 Å². The van der Waals surface area contributed by atoms with Crippen LogP contribution < -0.4 is 0 Å². The summed E-state index contributed by atoms with van der Waals surface area (Å²) < 4.78 is 12.9. The van der Waals surface area contributed by atoms with Crippen LogP contribution in [0.5, 0.6) is 0 Å². The molecule has 12 heavy (non-hydrogen) atoms. The molecule has 0 atom stereocenters. The van der Waals surface area contributed by atoms with E-state index in [4.69, 9.17) is 0 Å². The molecule has 0 radical (unpaired) electrons.